The zero-order valence-corrected chi connectivity index (χ0v) is 15.5. The van der Waals surface area contributed by atoms with Gasteiger partial charge in [0.05, 0.1) is 5.52 Å². The average Bonchev–Trinajstić information content (AvgIpc) is 3.38. The number of Topliss-reactive ketones (excluding diaryl/α,β-unsaturated/α-hetero) is 1. The summed E-state index contributed by atoms with van der Waals surface area (Å²) >= 11 is 0. The van der Waals surface area contributed by atoms with E-state index in [1.54, 1.807) is 12.4 Å². The van der Waals surface area contributed by atoms with Crippen LogP contribution in [0.25, 0.3) is 21.8 Å². The molecule has 1 aliphatic carbocycles. The molecule has 0 atom stereocenters. The minimum atomic E-state index is 0.153. The predicted octanol–water partition coefficient (Wildman–Crippen LogP) is 5.01. The highest BCUT2D eigenvalue weighted by molar-refractivity contribution is 6.07. The van der Waals surface area contributed by atoms with Crippen LogP contribution in [0.5, 0.6) is 0 Å². The van der Waals surface area contributed by atoms with Crippen LogP contribution in [-0.4, -0.2) is 25.9 Å². The van der Waals surface area contributed by atoms with Crippen molar-refractivity contribution in [2.24, 2.45) is 5.92 Å². The number of rotatable bonds is 5. The fourth-order valence-electron chi connectivity index (χ4n) is 4.13. The summed E-state index contributed by atoms with van der Waals surface area (Å²) in [4.78, 5) is 21.6. The maximum atomic E-state index is 12.8. The van der Waals surface area contributed by atoms with E-state index in [4.69, 9.17) is 0 Å². The lowest BCUT2D eigenvalue weighted by molar-refractivity contribution is 0.0959. The second-order valence-electron chi connectivity index (χ2n) is 7.47. The second-order valence-corrected chi connectivity index (χ2v) is 7.47. The first kappa shape index (κ1) is 16.9. The molecule has 2 N–H and O–H groups in total. The van der Waals surface area contributed by atoms with Gasteiger partial charge in [0.2, 0.25) is 0 Å². The normalized spacial score (nSPS) is 14.7. The van der Waals surface area contributed by atoms with Crippen molar-refractivity contribution in [1.29, 1.82) is 0 Å². The van der Waals surface area contributed by atoms with Crippen molar-refractivity contribution in [3.63, 3.8) is 0 Å². The van der Waals surface area contributed by atoms with Crippen molar-refractivity contribution >= 4 is 39.1 Å². The number of aromatic amines is 1. The van der Waals surface area contributed by atoms with Crippen LogP contribution in [0.3, 0.4) is 0 Å². The number of hydrogen-bond donors (Lipinski definition) is 2. The third-order valence-electron chi connectivity index (χ3n) is 5.56. The van der Waals surface area contributed by atoms with Crippen molar-refractivity contribution in [2.45, 2.75) is 32.1 Å². The monoisotopic (exact) mass is 371 g/mol. The first-order valence-electron chi connectivity index (χ1n) is 9.76. The zero-order valence-electron chi connectivity index (χ0n) is 15.5. The van der Waals surface area contributed by atoms with Gasteiger partial charge in [-0.15, -0.1) is 0 Å². The van der Waals surface area contributed by atoms with Crippen LogP contribution >= 0.6 is 0 Å². The Labute approximate surface area is 162 Å². The molecule has 3 aromatic heterocycles. The molecule has 6 heteroatoms. The second kappa shape index (κ2) is 7.03. The van der Waals surface area contributed by atoms with Gasteiger partial charge in [-0.25, -0.2) is 0 Å². The van der Waals surface area contributed by atoms with E-state index >= 15 is 0 Å². The van der Waals surface area contributed by atoms with E-state index in [2.05, 4.69) is 25.5 Å². The van der Waals surface area contributed by atoms with Gasteiger partial charge >= 0.3 is 0 Å². The molecule has 1 fully saturated rings. The summed E-state index contributed by atoms with van der Waals surface area (Å²) in [6, 6.07) is 11.7. The SMILES string of the molecule is O=C(CC1CCCC1)c1nccc2cc(Nc3n[nH]c4cccnc34)ccc12. The number of ketones is 1. The minimum absolute atomic E-state index is 0.153. The van der Waals surface area contributed by atoms with Crippen molar-refractivity contribution in [1.82, 2.24) is 20.2 Å². The standard InChI is InChI=1S/C22H21N5O/c28-19(12-14-4-1-2-5-14)20-17-8-7-16(13-15(17)9-11-24-20)25-22-21-18(26-27-22)6-3-10-23-21/h3,6-11,13-14H,1-2,4-5,12H2,(H2,25,26,27). The molecule has 1 saturated carbocycles. The van der Waals surface area contributed by atoms with Crippen LogP contribution in [0.15, 0.2) is 48.8 Å². The fourth-order valence-corrected chi connectivity index (χ4v) is 4.13. The number of aromatic nitrogens is 4. The Bertz CT molecular complexity index is 1160. The fraction of sp³-hybridized carbons (Fsp3) is 0.273. The van der Waals surface area contributed by atoms with Crippen molar-refractivity contribution < 1.29 is 4.79 Å². The number of H-pyrrole nitrogens is 1. The van der Waals surface area contributed by atoms with Crippen LogP contribution in [0.4, 0.5) is 11.5 Å². The average molecular weight is 371 g/mol. The summed E-state index contributed by atoms with van der Waals surface area (Å²) in [7, 11) is 0. The molecule has 0 saturated heterocycles. The van der Waals surface area contributed by atoms with Gasteiger partial charge in [-0.1, -0.05) is 31.7 Å². The van der Waals surface area contributed by atoms with E-state index in [9.17, 15) is 4.79 Å². The molecule has 1 aliphatic rings. The molecule has 0 amide bonds. The molecule has 5 rings (SSSR count). The Morgan fingerprint density at radius 2 is 2.00 bits per heavy atom. The molecule has 28 heavy (non-hydrogen) atoms. The van der Waals surface area contributed by atoms with Gasteiger partial charge in [0, 0.05) is 29.9 Å². The number of nitrogens with zero attached hydrogens (tertiary/aromatic N) is 3. The summed E-state index contributed by atoms with van der Waals surface area (Å²) < 4.78 is 0. The lowest BCUT2D eigenvalue weighted by Gasteiger charge is -2.10. The van der Waals surface area contributed by atoms with E-state index < -0.39 is 0 Å². The van der Waals surface area contributed by atoms with Gasteiger partial charge in [-0.3, -0.25) is 19.9 Å². The van der Waals surface area contributed by atoms with Crippen LogP contribution in [0.2, 0.25) is 0 Å². The Morgan fingerprint density at radius 3 is 2.89 bits per heavy atom. The van der Waals surface area contributed by atoms with Crippen molar-refractivity contribution in [3.8, 4) is 0 Å². The molecule has 0 bridgehead atoms. The number of anilines is 2. The summed E-state index contributed by atoms with van der Waals surface area (Å²) in [6.07, 6.45) is 8.89. The Hall–Kier alpha value is -3.28. The van der Waals surface area contributed by atoms with Crippen molar-refractivity contribution in [2.75, 3.05) is 5.32 Å². The third-order valence-corrected chi connectivity index (χ3v) is 5.56. The molecule has 3 heterocycles. The topological polar surface area (TPSA) is 83.6 Å². The number of hydrogen-bond acceptors (Lipinski definition) is 5. The smallest absolute Gasteiger partial charge is 0.182 e. The lowest BCUT2D eigenvalue weighted by Crippen LogP contribution is -2.08. The number of nitrogens with one attached hydrogen (secondary N) is 2. The Morgan fingerprint density at radius 1 is 1.11 bits per heavy atom. The summed E-state index contributed by atoms with van der Waals surface area (Å²) in [5.41, 5.74) is 3.16. The molecule has 0 spiro atoms. The van der Waals surface area contributed by atoms with Gasteiger partial charge in [0.1, 0.15) is 11.2 Å². The molecule has 4 aromatic rings. The van der Waals surface area contributed by atoms with Crippen LogP contribution in [-0.2, 0) is 0 Å². The Balaban J connectivity index is 1.44. The number of carbonyl (C=O) groups is 1. The van der Waals surface area contributed by atoms with E-state index in [0.717, 1.165) is 40.3 Å². The van der Waals surface area contributed by atoms with E-state index in [-0.39, 0.29) is 5.78 Å². The molecule has 0 radical (unpaired) electrons. The number of pyridine rings is 2. The summed E-state index contributed by atoms with van der Waals surface area (Å²) in [5.74, 6) is 1.35. The molecule has 0 unspecified atom stereocenters. The molecular weight excluding hydrogens is 350 g/mol. The highest BCUT2D eigenvalue weighted by Gasteiger charge is 2.21. The molecule has 0 aliphatic heterocycles. The van der Waals surface area contributed by atoms with Crippen LogP contribution in [0, 0.1) is 5.92 Å². The quantitative estimate of drug-likeness (QED) is 0.482. The van der Waals surface area contributed by atoms with Crippen LogP contribution < -0.4 is 5.32 Å². The van der Waals surface area contributed by atoms with Gasteiger partial charge in [0.15, 0.2) is 11.6 Å². The minimum Gasteiger partial charge on any atom is -0.337 e. The molecular formula is C22H21N5O. The molecule has 1 aromatic carbocycles. The Kier molecular flexibility index (Phi) is 4.24. The van der Waals surface area contributed by atoms with Gasteiger partial charge in [-0.05, 0) is 41.6 Å². The van der Waals surface area contributed by atoms with E-state index in [1.165, 1.54) is 12.8 Å². The first-order valence-corrected chi connectivity index (χ1v) is 9.76. The predicted molar refractivity (Wildman–Crippen MR) is 110 cm³/mol. The molecule has 6 nitrogen and oxygen atoms in total. The maximum absolute atomic E-state index is 12.8. The summed E-state index contributed by atoms with van der Waals surface area (Å²) in [5, 5.41) is 12.5. The third kappa shape index (κ3) is 3.11. The number of carbonyl (C=O) groups excluding carboxylic acids is 1. The largest absolute Gasteiger partial charge is 0.337 e. The molecule has 140 valence electrons. The zero-order chi connectivity index (χ0) is 18.9. The maximum Gasteiger partial charge on any atom is 0.182 e. The summed E-state index contributed by atoms with van der Waals surface area (Å²) in [6.45, 7) is 0. The first-order chi connectivity index (χ1) is 13.8. The van der Waals surface area contributed by atoms with Crippen molar-refractivity contribution in [3.05, 3.63) is 54.5 Å². The van der Waals surface area contributed by atoms with Gasteiger partial charge in [0.25, 0.3) is 0 Å². The van der Waals surface area contributed by atoms with Gasteiger partial charge < -0.3 is 5.32 Å². The number of benzene rings is 1. The lowest BCUT2D eigenvalue weighted by atomic mass is 9.97. The van der Waals surface area contributed by atoms with Gasteiger partial charge in [-0.2, -0.15) is 5.10 Å². The highest BCUT2D eigenvalue weighted by Crippen LogP contribution is 2.30. The highest BCUT2D eigenvalue weighted by atomic mass is 16.1. The van der Waals surface area contributed by atoms with E-state index in [0.29, 0.717) is 23.9 Å². The number of fused-ring (bicyclic) bond motifs is 2. The van der Waals surface area contributed by atoms with E-state index in [1.807, 2.05) is 36.4 Å². The van der Waals surface area contributed by atoms with Crippen LogP contribution in [0.1, 0.15) is 42.6 Å².